The quantitative estimate of drug-likeness (QED) is 0.860. The first kappa shape index (κ1) is 14.8. The third kappa shape index (κ3) is 2.92. The second-order valence-corrected chi connectivity index (χ2v) is 6.06. The highest BCUT2D eigenvalue weighted by Crippen LogP contribution is 2.29. The van der Waals surface area contributed by atoms with Crippen molar-refractivity contribution >= 4 is 17.5 Å². The van der Waals surface area contributed by atoms with Gasteiger partial charge in [0.2, 0.25) is 0 Å². The number of hydrogen-bond donors (Lipinski definition) is 2. The molecule has 1 aromatic carbocycles. The summed E-state index contributed by atoms with van der Waals surface area (Å²) in [6.07, 6.45) is 2.04. The molecule has 1 aromatic rings. The lowest BCUT2D eigenvalue weighted by Crippen LogP contribution is -2.45. The Bertz CT molecular complexity index is 600. The Morgan fingerprint density at radius 2 is 2.32 bits per heavy atom. The van der Waals surface area contributed by atoms with Crippen LogP contribution in [-0.2, 0) is 4.79 Å². The number of ether oxygens (including phenoxy) is 1. The number of rotatable bonds is 2. The van der Waals surface area contributed by atoms with Gasteiger partial charge >= 0.3 is 0 Å². The van der Waals surface area contributed by atoms with Crippen LogP contribution in [0.25, 0.3) is 0 Å². The number of nitrogens with one attached hydrogen (secondary N) is 1. The van der Waals surface area contributed by atoms with Crippen LogP contribution in [0.15, 0.2) is 18.2 Å². The lowest BCUT2D eigenvalue weighted by Gasteiger charge is -2.34. The van der Waals surface area contributed by atoms with E-state index in [1.54, 1.807) is 18.2 Å². The van der Waals surface area contributed by atoms with Crippen molar-refractivity contribution in [1.29, 1.82) is 0 Å². The topological polar surface area (TPSA) is 84.7 Å². The maximum absolute atomic E-state index is 12.7. The van der Waals surface area contributed by atoms with Crippen LogP contribution in [0.3, 0.4) is 0 Å². The molecule has 1 fully saturated rings. The van der Waals surface area contributed by atoms with E-state index in [9.17, 15) is 9.59 Å². The highest BCUT2D eigenvalue weighted by Gasteiger charge is 2.27. The lowest BCUT2D eigenvalue weighted by atomic mass is 9.92. The van der Waals surface area contributed by atoms with Gasteiger partial charge in [-0.3, -0.25) is 9.59 Å². The summed E-state index contributed by atoms with van der Waals surface area (Å²) < 4.78 is 5.31. The first-order chi connectivity index (χ1) is 10.5. The minimum absolute atomic E-state index is 0.0164. The molecule has 0 saturated carbocycles. The Morgan fingerprint density at radius 3 is 3.09 bits per heavy atom. The molecule has 2 aliphatic rings. The third-order valence-corrected chi connectivity index (χ3v) is 4.35. The maximum atomic E-state index is 12.7. The molecule has 2 heterocycles. The van der Waals surface area contributed by atoms with Crippen LogP contribution in [0.5, 0.6) is 5.75 Å². The molecule has 3 rings (SSSR count). The number of nitrogens with zero attached hydrogens (tertiary/aromatic N) is 1. The molecule has 2 amide bonds. The fraction of sp³-hybridized carbons (Fsp3) is 0.500. The number of nitrogens with two attached hydrogens (primary N) is 1. The van der Waals surface area contributed by atoms with Crippen LogP contribution in [0.4, 0.5) is 5.69 Å². The van der Waals surface area contributed by atoms with Gasteiger partial charge in [0.15, 0.2) is 6.61 Å². The molecule has 0 aromatic heterocycles. The molecule has 0 aliphatic carbocycles. The van der Waals surface area contributed by atoms with Crippen LogP contribution in [0.2, 0.25) is 0 Å². The van der Waals surface area contributed by atoms with Gasteiger partial charge < -0.3 is 20.7 Å². The van der Waals surface area contributed by atoms with Crippen molar-refractivity contribution in [3.63, 3.8) is 0 Å². The van der Waals surface area contributed by atoms with Crippen LogP contribution in [0.1, 0.15) is 30.1 Å². The molecular formula is C16H21N3O3. The van der Waals surface area contributed by atoms with Gasteiger partial charge in [-0.05, 0) is 43.9 Å². The molecular weight excluding hydrogens is 282 g/mol. The Morgan fingerprint density at radius 1 is 1.50 bits per heavy atom. The number of likely N-dealkylation sites (tertiary alicyclic amines) is 1. The van der Waals surface area contributed by atoms with Gasteiger partial charge in [-0.2, -0.15) is 0 Å². The second-order valence-electron chi connectivity index (χ2n) is 6.06. The minimum atomic E-state index is -0.202. The summed E-state index contributed by atoms with van der Waals surface area (Å²) >= 11 is 0. The Balaban J connectivity index is 1.77. The second kappa shape index (κ2) is 5.96. The van der Waals surface area contributed by atoms with E-state index in [1.165, 1.54) is 0 Å². The van der Waals surface area contributed by atoms with Crippen molar-refractivity contribution in [3.05, 3.63) is 23.8 Å². The predicted molar refractivity (Wildman–Crippen MR) is 82.8 cm³/mol. The fourth-order valence-corrected chi connectivity index (χ4v) is 3.02. The van der Waals surface area contributed by atoms with Gasteiger partial charge in [0.1, 0.15) is 5.75 Å². The highest BCUT2D eigenvalue weighted by atomic mass is 16.5. The number of anilines is 1. The summed E-state index contributed by atoms with van der Waals surface area (Å²) in [7, 11) is 0. The molecule has 0 spiro atoms. The molecule has 0 bridgehead atoms. The average molecular weight is 303 g/mol. The van der Waals surface area contributed by atoms with Crippen molar-refractivity contribution in [2.45, 2.75) is 25.8 Å². The molecule has 3 N–H and O–H groups in total. The Hall–Kier alpha value is -2.08. The van der Waals surface area contributed by atoms with Crippen LogP contribution in [-0.4, -0.2) is 42.5 Å². The minimum Gasteiger partial charge on any atom is -0.482 e. The summed E-state index contributed by atoms with van der Waals surface area (Å²) in [6.45, 7) is 3.45. The zero-order valence-corrected chi connectivity index (χ0v) is 12.7. The van der Waals surface area contributed by atoms with Crippen molar-refractivity contribution in [2.75, 3.05) is 25.0 Å². The first-order valence-corrected chi connectivity index (χ1v) is 7.66. The normalized spacial score (nSPS) is 22.4. The van der Waals surface area contributed by atoms with E-state index in [1.807, 2.05) is 11.8 Å². The smallest absolute Gasteiger partial charge is 0.262 e. The van der Waals surface area contributed by atoms with E-state index in [4.69, 9.17) is 10.5 Å². The fourth-order valence-electron chi connectivity index (χ4n) is 3.02. The summed E-state index contributed by atoms with van der Waals surface area (Å²) in [5.74, 6) is 0.724. The number of piperidine rings is 1. The van der Waals surface area contributed by atoms with Crippen LogP contribution in [0, 0.1) is 5.92 Å². The van der Waals surface area contributed by atoms with Crippen molar-refractivity contribution in [3.8, 4) is 5.75 Å². The molecule has 6 nitrogen and oxygen atoms in total. The molecule has 1 saturated heterocycles. The van der Waals surface area contributed by atoms with Crippen LogP contribution < -0.4 is 15.8 Å². The van der Waals surface area contributed by atoms with E-state index in [0.717, 1.165) is 19.4 Å². The van der Waals surface area contributed by atoms with E-state index < -0.39 is 0 Å². The van der Waals surface area contributed by atoms with Crippen molar-refractivity contribution in [1.82, 2.24) is 4.90 Å². The van der Waals surface area contributed by atoms with E-state index >= 15 is 0 Å². The number of fused-ring (bicyclic) bond motifs is 1. The predicted octanol–water partition coefficient (Wildman–Crippen LogP) is 1.22. The monoisotopic (exact) mass is 303 g/mol. The number of carbonyl (C=O) groups is 2. The van der Waals surface area contributed by atoms with Crippen LogP contribution >= 0.6 is 0 Å². The summed E-state index contributed by atoms with van der Waals surface area (Å²) in [4.78, 5) is 25.9. The number of carbonyl (C=O) groups excluding carboxylic acids is 2. The van der Waals surface area contributed by atoms with Gasteiger partial charge in [-0.1, -0.05) is 0 Å². The zero-order valence-electron chi connectivity index (χ0n) is 12.7. The van der Waals surface area contributed by atoms with Gasteiger partial charge in [0.05, 0.1) is 5.69 Å². The molecule has 6 heteroatoms. The Labute approximate surface area is 129 Å². The molecule has 0 radical (unpaired) electrons. The average Bonchev–Trinajstić information content (AvgIpc) is 2.53. The number of amides is 2. The molecule has 2 atom stereocenters. The molecule has 118 valence electrons. The van der Waals surface area contributed by atoms with Gasteiger partial charge in [0, 0.05) is 24.7 Å². The summed E-state index contributed by atoms with van der Waals surface area (Å²) in [6, 6.07) is 5.25. The number of hydrogen-bond acceptors (Lipinski definition) is 4. The Kier molecular flexibility index (Phi) is 4.02. The largest absolute Gasteiger partial charge is 0.482 e. The molecule has 2 aliphatic heterocycles. The zero-order chi connectivity index (χ0) is 15.7. The molecule has 22 heavy (non-hydrogen) atoms. The maximum Gasteiger partial charge on any atom is 0.262 e. The van der Waals surface area contributed by atoms with E-state index in [2.05, 4.69) is 5.32 Å². The van der Waals surface area contributed by atoms with Gasteiger partial charge in [0.25, 0.3) is 11.8 Å². The third-order valence-electron chi connectivity index (χ3n) is 4.35. The first-order valence-electron chi connectivity index (χ1n) is 7.66. The standard InChI is InChI=1S/C16H21N3O3/c1-10(17)12-3-2-6-19(8-12)16(21)11-4-5-14-13(7-11)18-15(20)9-22-14/h4-5,7,10,12H,2-3,6,8-9,17H2,1H3,(H,18,20)/t10-,12+/m0/s1. The lowest BCUT2D eigenvalue weighted by molar-refractivity contribution is -0.118. The van der Waals surface area contributed by atoms with Gasteiger partial charge in [-0.15, -0.1) is 0 Å². The van der Waals surface area contributed by atoms with E-state index in [-0.39, 0.29) is 24.5 Å². The summed E-state index contributed by atoms with van der Waals surface area (Å²) in [5.41, 5.74) is 7.10. The highest BCUT2D eigenvalue weighted by molar-refractivity contribution is 5.99. The van der Waals surface area contributed by atoms with Crippen molar-refractivity contribution < 1.29 is 14.3 Å². The van der Waals surface area contributed by atoms with Gasteiger partial charge in [-0.25, -0.2) is 0 Å². The van der Waals surface area contributed by atoms with Crippen molar-refractivity contribution in [2.24, 2.45) is 11.7 Å². The SMILES string of the molecule is C[C@H](N)[C@@H]1CCCN(C(=O)c2ccc3c(c2)NC(=O)CO3)C1. The van der Waals surface area contributed by atoms with E-state index in [0.29, 0.717) is 29.5 Å². The summed E-state index contributed by atoms with van der Waals surface area (Å²) in [5, 5.41) is 2.73. The number of benzene rings is 1. The molecule has 0 unspecified atom stereocenters.